The van der Waals surface area contributed by atoms with Gasteiger partial charge >= 0.3 is 0 Å². The Kier molecular flexibility index (Phi) is 7.29. The summed E-state index contributed by atoms with van der Waals surface area (Å²) in [6.45, 7) is 8.11. The average molecular weight is 431 g/mol. The van der Waals surface area contributed by atoms with Crippen molar-refractivity contribution in [1.29, 1.82) is 0 Å². The SMILES string of the molecule is CCOCCCNC(=O)Cn1ncc2c(C)n(Cc3ccc(Cl)cc3)c(C)c2c1=O. The van der Waals surface area contributed by atoms with Gasteiger partial charge in [-0.25, -0.2) is 4.68 Å². The highest BCUT2D eigenvalue weighted by atomic mass is 35.5. The van der Waals surface area contributed by atoms with Crippen molar-refractivity contribution >= 4 is 28.3 Å². The number of halogens is 1. The lowest BCUT2D eigenvalue weighted by Crippen LogP contribution is -2.34. The fourth-order valence-electron chi connectivity index (χ4n) is 3.51. The maximum absolute atomic E-state index is 13.0. The Morgan fingerprint density at radius 3 is 2.63 bits per heavy atom. The third-order valence-electron chi connectivity index (χ3n) is 5.14. The van der Waals surface area contributed by atoms with Crippen LogP contribution in [0.1, 0.15) is 30.3 Å². The standard InChI is InChI=1S/C22H27ClN4O3/c1-4-30-11-5-10-24-20(28)14-27-22(29)21-16(3)26(15(2)19(21)12-25-27)13-17-6-8-18(23)9-7-17/h6-9,12H,4-5,10-11,13-14H2,1-3H3,(H,24,28). The van der Waals surface area contributed by atoms with Gasteiger partial charge in [0.05, 0.1) is 11.6 Å². The molecule has 1 N–H and O–H groups in total. The van der Waals surface area contributed by atoms with E-state index in [-0.39, 0.29) is 18.0 Å². The van der Waals surface area contributed by atoms with E-state index in [1.807, 2.05) is 45.0 Å². The Balaban J connectivity index is 1.80. The highest BCUT2D eigenvalue weighted by Crippen LogP contribution is 2.23. The van der Waals surface area contributed by atoms with E-state index in [0.29, 0.717) is 36.7 Å². The van der Waals surface area contributed by atoms with Crippen molar-refractivity contribution in [2.45, 2.75) is 40.3 Å². The number of amides is 1. The largest absolute Gasteiger partial charge is 0.382 e. The maximum atomic E-state index is 13.0. The predicted octanol–water partition coefficient (Wildman–Crippen LogP) is 3.06. The van der Waals surface area contributed by atoms with Crippen LogP contribution in [-0.4, -0.2) is 40.0 Å². The predicted molar refractivity (Wildman–Crippen MR) is 118 cm³/mol. The van der Waals surface area contributed by atoms with E-state index in [9.17, 15) is 9.59 Å². The first-order valence-corrected chi connectivity index (χ1v) is 10.4. The highest BCUT2D eigenvalue weighted by molar-refractivity contribution is 6.30. The Morgan fingerprint density at radius 1 is 1.20 bits per heavy atom. The lowest BCUT2D eigenvalue weighted by molar-refractivity contribution is -0.121. The summed E-state index contributed by atoms with van der Waals surface area (Å²) in [5.41, 5.74) is 2.66. The van der Waals surface area contributed by atoms with Crippen LogP contribution in [0.2, 0.25) is 5.02 Å². The minimum Gasteiger partial charge on any atom is -0.382 e. The number of carbonyl (C=O) groups is 1. The van der Waals surface area contributed by atoms with E-state index in [0.717, 1.165) is 28.8 Å². The number of carbonyl (C=O) groups excluding carboxylic acids is 1. The number of aryl methyl sites for hydroxylation is 2. The number of benzene rings is 1. The van der Waals surface area contributed by atoms with Crippen LogP contribution >= 0.6 is 11.6 Å². The molecule has 8 heteroatoms. The summed E-state index contributed by atoms with van der Waals surface area (Å²) in [4.78, 5) is 25.2. The molecule has 0 saturated carbocycles. The van der Waals surface area contributed by atoms with Crippen LogP contribution in [0, 0.1) is 13.8 Å². The molecule has 0 aliphatic heterocycles. The van der Waals surface area contributed by atoms with Crippen molar-refractivity contribution in [2.75, 3.05) is 19.8 Å². The summed E-state index contributed by atoms with van der Waals surface area (Å²) < 4.78 is 8.56. The van der Waals surface area contributed by atoms with Crippen LogP contribution < -0.4 is 10.9 Å². The molecule has 0 bridgehead atoms. The Hall–Kier alpha value is -2.64. The fourth-order valence-corrected chi connectivity index (χ4v) is 3.63. The summed E-state index contributed by atoms with van der Waals surface area (Å²) in [6.07, 6.45) is 2.40. The van der Waals surface area contributed by atoms with Crippen LogP contribution in [-0.2, 0) is 22.6 Å². The quantitative estimate of drug-likeness (QED) is 0.529. The number of ether oxygens (including phenoxy) is 1. The molecule has 0 fully saturated rings. The van der Waals surface area contributed by atoms with E-state index in [1.54, 1.807) is 6.20 Å². The van der Waals surface area contributed by atoms with Crippen molar-refractivity contribution in [3.8, 4) is 0 Å². The van der Waals surface area contributed by atoms with Gasteiger partial charge in [-0.3, -0.25) is 9.59 Å². The number of nitrogens with zero attached hydrogens (tertiary/aromatic N) is 3. The minimum atomic E-state index is -0.257. The van der Waals surface area contributed by atoms with Crippen LogP contribution in [0.3, 0.4) is 0 Å². The molecule has 0 aliphatic rings. The first-order valence-electron chi connectivity index (χ1n) is 10.1. The zero-order chi connectivity index (χ0) is 21.7. The normalized spacial score (nSPS) is 11.2. The third kappa shape index (κ3) is 4.91. The second-order valence-corrected chi connectivity index (χ2v) is 7.62. The first-order chi connectivity index (χ1) is 14.4. The lowest BCUT2D eigenvalue weighted by atomic mass is 10.2. The van der Waals surface area contributed by atoms with Crippen LogP contribution in [0.5, 0.6) is 0 Å². The molecule has 1 aromatic carbocycles. The van der Waals surface area contributed by atoms with Gasteiger partial charge in [0.25, 0.3) is 5.56 Å². The van der Waals surface area contributed by atoms with E-state index in [2.05, 4.69) is 15.0 Å². The summed E-state index contributed by atoms with van der Waals surface area (Å²) in [7, 11) is 0. The zero-order valence-corrected chi connectivity index (χ0v) is 18.3. The molecule has 7 nitrogen and oxygen atoms in total. The molecular formula is C22H27ClN4O3. The number of nitrogens with one attached hydrogen (secondary N) is 1. The summed E-state index contributed by atoms with van der Waals surface area (Å²) in [5, 5.41) is 9.12. The van der Waals surface area contributed by atoms with Crippen molar-refractivity contribution < 1.29 is 9.53 Å². The molecule has 2 aromatic heterocycles. The van der Waals surface area contributed by atoms with E-state index >= 15 is 0 Å². The van der Waals surface area contributed by atoms with Crippen molar-refractivity contribution in [2.24, 2.45) is 0 Å². The van der Waals surface area contributed by atoms with E-state index in [1.165, 1.54) is 4.68 Å². The van der Waals surface area contributed by atoms with E-state index < -0.39 is 0 Å². The molecule has 0 atom stereocenters. The van der Waals surface area contributed by atoms with Crippen molar-refractivity contribution in [3.63, 3.8) is 0 Å². The Labute approximate surface area is 180 Å². The molecule has 160 valence electrons. The minimum absolute atomic E-state index is 0.107. The molecule has 0 spiro atoms. The van der Waals surface area contributed by atoms with Gasteiger partial charge in [0.2, 0.25) is 5.91 Å². The molecule has 1 amide bonds. The number of rotatable bonds is 9. The summed E-state index contributed by atoms with van der Waals surface area (Å²) in [5.74, 6) is -0.240. The Bertz CT molecular complexity index is 1090. The van der Waals surface area contributed by atoms with E-state index in [4.69, 9.17) is 16.3 Å². The second-order valence-electron chi connectivity index (χ2n) is 7.18. The van der Waals surface area contributed by atoms with Gasteiger partial charge in [0, 0.05) is 48.1 Å². The van der Waals surface area contributed by atoms with Gasteiger partial charge in [0.1, 0.15) is 6.54 Å². The highest BCUT2D eigenvalue weighted by Gasteiger charge is 2.17. The van der Waals surface area contributed by atoms with Gasteiger partial charge in [-0.15, -0.1) is 0 Å². The number of aromatic nitrogens is 3. The van der Waals surface area contributed by atoms with Crippen molar-refractivity contribution in [3.05, 3.63) is 62.8 Å². The molecule has 0 unspecified atom stereocenters. The molecule has 0 aliphatic carbocycles. The van der Waals surface area contributed by atoms with Gasteiger partial charge in [-0.05, 0) is 44.9 Å². The number of hydrogen-bond acceptors (Lipinski definition) is 4. The van der Waals surface area contributed by atoms with Gasteiger partial charge < -0.3 is 14.6 Å². The first kappa shape index (κ1) is 22.1. The lowest BCUT2D eigenvalue weighted by Gasteiger charge is -2.09. The summed E-state index contributed by atoms with van der Waals surface area (Å²) in [6, 6.07) is 7.65. The number of fused-ring (bicyclic) bond motifs is 1. The molecule has 3 aromatic rings. The zero-order valence-electron chi connectivity index (χ0n) is 17.6. The molecule has 0 saturated heterocycles. The fraction of sp³-hybridized carbons (Fsp3) is 0.409. The number of hydrogen-bond donors (Lipinski definition) is 1. The van der Waals surface area contributed by atoms with Crippen molar-refractivity contribution in [1.82, 2.24) is 19.7 Å². The van der Waals surface area contributed by atoms with Crippen LogP contribution in [0.4, 0.5) is 0 Å². The Morgan fingerprint density at radius 2 is 1.93 bits per heavy atom. The second kappa shape index (κ2) is 9.91. The maximum Gasteiger partial charge on any atom is 0.276 e. The molecule has 0 radical (unpaired) electrons. The summed E-state index contributed by atoms with van der Waals surface area (Å²) >= 11 is 5.98. The third-order valence-corrected chi connectivity index (χ3v) is 5.40. The average Bonchev–Trinajstić information content (AvgIpc) is 2.96. The molecular weight excluding hydrogens is 404 g/mol. The van der Waals surface area contributed by atoms with Gasteiger partial charge in [0.15, 0.2) is 0 Å². The molecule has 30 heavy (non-hydrogen) atoms. The van der Waals surface area contributed by atoms with Gasteiger partial charge in [-0.1, -0.05) is 23.7 Å². The monoisotopic (exact) mass is 430 g/mol. The molecule has 3 rings (SSSR count). The van der Waals surface area contributed by atoms with Crippen LogP contribution in [0.15, 0.2) is 35.3 Å². The molecule has 2 heterocycles. The van der Waals surface area contributed by atoms with Crippen LogP contribution in [0.25, 0.3) is 10.8 Å². The smallest absolute Gasteiger partial charge is 0.276 e. The topological polar surface area (TPSA) is 78.2 Å². The van der Waals surface area contributed by atoms with Gasteiger partial charge in [-0.2, -0.15) is 5.10 Å².